The van der Waals surface area contributed by atoms with Crippen molar-refractivity contribution in [3.05, 3.63) is 60.1 Å². The summed E-state index contributed by atoms with van der Waals surface area (Å²) in [5.41, 5.74) is 1.34. The van der Waals surface area contributed by atoms with Crippen molar-refractivity contribution in [3.8, 4) is 11.6 Å². The molecule has 2 aliphatic heterocycles. The molecule has 5 rings (SSSR count). The van der Waals surface area contributed by atoms with Gasteiger partial charge in [0.05, 0.1) is 25.0 Å². The van der Waals surface area contributed by atoms with Crippen molar-refractivity contribution in [2.45, 2.75) is 25.1 Å². The zero-order valence-electron chi connectivity index (χ0n) is 18.3. The molecule has 2 aliphatic rings. The summed E-state index contributed by atoms with van der Waals surface area (Å²) >= 11 is 0. The molecule has 9 nitrogen and oxygen atoms in total. The number of fused-ring (bicyclic) bond motifs is 1. The van der Waals surface area contributed by atoms with Crippen LogP contribution in [-0.4, -0.2) is 82.9 Å². The molecule has 1 aromatic carbocycles. The molecule has 2 aromatic heterocycles. The third kappa shape index (κ3) is 4.53. The van der Waals surface area contributed by atoms with E-state index in [9.17, 15) is 0 Å². The molecule has 32 heavy (non-hydrogen) atoms. The molecule has 3 aromatic rings. The van der Waals surface area contributed by atoms with Gasteiger partial charge in [-0.1, -0.05) is 30.3 Å². The number of nitrogens with zero attached hydrogens (tertiary/aromatic N) is 5. The highest BCUT2D eigenvalue weighted by atomic mass is 16.5. The molecule has 168 valence electrons. The van der Waals surface area contributed by atoms with E-state index >= 15 is 0 Å². The topological polar surface area (TPSA) is 94.8 Å². The molecule has 0 radical (unpaired) electrons. The van der Waals surface area contributed by atoms with E-state index in [0.717, 1.165) is 44.6 Å². The Morgan fingerprint density at radius 1 is 1.22 bits per heavy atom. The molecule has 4 heterocycles. The average molecular weight is 436 g/mol. The van der Waals surface area contributed by atoms with Crippen LogP contribution in [0.1, 0.15) is 11.4 Å². The van der Waals surface area contributed by atoms with E-state index in [2.05, 4.69) is 65.6 Å². The molecule has 2 atom stereocenters. The number of hydrogen-bond acceptors (Lipinski definition) is 6. The van der Waals surface area contributed by atoms with E-state index < -0.39 is 0 Å². The van der Waals surface area contributed by atoms with Crippen molar-refractivity contribution in [2.75, 3.05) is 39.8 Å². The summed E-state index contributed by atoms with van der Waals surface area (Å²) in [6.45, 7) is 5.15. The summed E-state index contributed by atoms with van der Waals surface area (Å²) in [5.74, 6) is 2.95. The highest BCUT2D eigenvalue weighted by Gasteiger charge is 2.41. The molecule has 0 aliphatic carbocycles. The third-order valence-corrected chi connectivity index (χ3v) is 6.07. The van der Waals surface area contributed by atoms with Crippen LogP contribution in [0.25, 0.3) is 11.6 Å². The van der Waals surface area contributed by atoms with E-state index in [1.807, 2.05) is 19.2 Å². The Morgan fingerprint density at radius 2 is 2.12 bits per heavy atom. The van der Waals surface area contributed by atoms with Crippen molar-refractivity contribution < 1.29 is 9.15 Å². The van der Waals surface area contributed by atoms with Crippen LogP contribution >= 0.6 is 0 Å². The number of aliphatic imine (C=N–C) groups is 1. The Hall–Kier alpha value is -3.17. The lowest BCUT2D eigenvalue weighted by atomic mass is 10.1. The maximum absolute atomic E-state index is 6.11. The summed E-state index contributed by atoms with van der Waals surface area (Å²) in [5, 5.41) is 10.7. The van der Waals surface area contributed by atoms with Gasteiger partial charge in [-0.25, -0.2) is 4.98 Å². The zero-order valence-corrected chi connectivity index (χ0v) is 18.3. The fraction of sp³-hybridized carbons (Fsp3) is 0.435. The Labute approximate surface area is 187 Å². The van der Waals surface area contributed by atoms with Gasteiger partial charge in [0.1, 0.15) is 5.82 Å². The molecule has 2 fully saturated rings. The maximum atomic E-state index is 6.11. The smallest absolute Gasteiger partial charge is 0.216 e. The number of guanidine groups is 1. The first kappa shape index (κ1) is 20.7. The van der Waals surface area contributed by atoms with Gasteiger partial charge < -0.3 is 19.4 Å². The Morgan fingerprint density at radius 3 is 2.94 bits per heavy atom. The molecule has 2 unspecified atom stereocenters. The van der Waals surface area contributed by atoms with Crippen LogP contribution in [-0.2, 0) is 17.7 Å². The number of morpholine rings is 1. The molecule has 2 N–H and O–H groups in total. The fourth-order valence-corrected chi connectivity index (χ4v) is 4.49. The molecule has 0 saturated carbocycles. The molecular weight excluding hydrogens is 406 g/mol. The normalized spacial score (nSPS) is 21.7. The van der Waals surface area contributed by atoms with Crippen LogP contribution in [0.4, 0.5) is 0 Å². The second-order valence-electron chi connectivity index (χ2n) is 8.14. The van der Waals surface area contributed by atoms with Crippen LogP contribution in [0.2, 0.25) is 0 Å². The van der Waals surface area contributed by atoms with Crippen molar-refractivity contribution in [2.24, 2.45) is 4.99 Å². The Kier molecular flexibility index (Phi) is 6.17. The summed E-state index contributed by atoms with van der Waals surface area (Å²) < 4.78 is 11.5. The van der Waals surface area contributed by atoms with Gasteiger partial charge in [0.25, 0.3) is 0 Å². The van der Waals surface area contributed by atoms with Gasteiger partial charge in [-0.2, -0.15) is 5.10 Å². The van der Waals surface area contributed by atoms with Gasteiger partial charge in [-0.05, 0) is 17.7 Å². The summed E-state index contributed by atoms with van der Waals surface area (Å²) in [6.07, 6.45) is 2.54. The van der Waals surface area contributed by atoms with Crippen LogP contribution in [0.5, 0.6) is 0 Å². The predicted molar refractivity (Wildman–Crippen MR) is 121 cm³/mol. The zero-order chi connectivity index (χ0) is 21.8. The van der Waals surface area contributed by atoms with Gasteiger partial charge in [-0.15, -0.1) is 0 Å². The lowest BCUT2D eigenvalue weighted by molar-refractivity contribution is -0.0502. The third-order valence-electron chi connectivity index (χ3n) is 6.07. The minimum atomic E-state index is 0.205. The molecule has 0 amide bonds. The van der Waals surface area contributed by atoms with Crippen molar-refractivity contribution >= 4 is 5.96 Å². The predicted octanol–water partition coefficient (Wildman–Crippen LogP) is 1.77. The second-order valence-corrected chi connectivity index (χ2v) is 8.14. The lowest BCUT2D eigenvalue weighted by Crippen LogP contribution is -2.50. The van der Waals surface area contributed by atoms with Gasteiger partial charge in [0, 0.05) is 46.2 Å². The number of hydrogen-bond donors (Lipinski definition) is 2. The fourth-order valence-electron chi connectivity index (χ4n) is 4.49. The quantitative estimate of drug-likeness (QED) is 0.450. The van der Waals surface area contributed by atoms with Crippen LogP contribution < -0.4 is 5.32 Å². The van der Waals surface area contributed by atoms with E-state index in [-0.39, 0.29) is 6.10 Å². The first-order chi connectivity index (χ1) is 15.8. The van der Waals surface area contributed by atoms with Crippen LogP contribution in [0.3, 0.4) is 0 Å². The number of furan rings is 1. The number of likely N-dealkylation sites (tertiary alicyclic amines) is 1. The molecule has 0 bridgehead atoms. The first-order valence-electron chi connectivity index (χ1n) is 11.1. The Balaban J connectivity index is 1.15. The minimum Gasteiger partial charge on any atom is -0.461 e. The van der Waals surface area contributed by atoms with Crippen molar-refractivity contribution in [1.29, 1.82) is 0 Å². The van der Waals surface area contributed by atoms with Gasteiger partial charge in [-0.3, -0.25) is 15.0 Å². The second kappa shape index (κ2) is 9.54. The standard InChI is InChI=1S/C23H29N7O2/c1-24-23(25-10-9-21-26-22(28-27-21)19-8-5-12-31-19)30-15-18-20(16-30)32-13-11-29(18)14-17-6-3-2-4-7-17/h2-8,12,18,20H,9-11,13-16H2,1H3,(H,24,25)(H,26,27,28). The molecule has 9 heteroatoms. The highest BCUT2D eigenvalue weighted by Crippen LogP contribution is 2.24. The summed E-state index contributed by atoms with van der Waals surface area (Å²) in [4.78, 5) is 13.9. The molecule has 2 saturated heterocycles. The average Bonchev–Trinajstić information content (AvgIpc) is 3.58. The summed E-state index contributed by atoms with van der Waals surface area (Å²) in [6, 6.07) is 14.7. The SMILES string of the molecule is CN=C(NCCc1nc(-c2ccco2)n[nH]1)N1CC2OCCN(Cc3ccccc3)C2C1. The molecular formula is C23H29N7O2. The van der Waals surface area contributed by atoms with E-state index in [1.165, 1.54) is 5.56 Å². The number of H-pyrrole nitrogens is 1. The monoisotopic (exact) mass is 435 g/mol. The largest absolute Gasteiger partial charge is 0.461 e. The van der Waals surface area contributed by atoms with E-state index in [1.54, 1.807) is 6.26 Å². The van der Waals surface area contributed by atoms with Gasteiger partial charge in [0.2, 0.25) is 5.82 Å². The number of rotatable bonds is 6. The number of benzene rings is 1. The number of aromatic amines is 1. The van der Waals surface area contributed by atoms with E-state index in [4.69, 9.17) is 9.15 Å². The van der Waals surface area contributed by atoms with Crippen molar-refractivity contribution in [3.63, 3.8) is 0 Å². The molecule has 0 spiro atoms. The summed E-state index contributed by atoms with van der Waals surface area (Å²) in [7, 11) is 1.83. The van der Waals surface area contributed by atoms with Gasteiger partial charge >= 0.3 is 0 Å². The lowest BCUT2D eigenvalue weighted by Gasteiger charge is -2.36. The van der Waals surface area contributed by atoms with Crippen molar-refractivity contribution in [1.82, 2.24) is 30.3 Å². The number of ether oxygens (including phenoxy) is 1. The minimum absolute atomic E-state index is 0.205. The number of nitrogens with one attached hydrogen (secondary N) is 2. The van der Waals surface area contributed by atoms with Gasteiger partial charge in [0.15, 0.2) is 11.7 Å². The van der Waals surface area contributed by atoms with Crippen LogP contribution in [0.15, 0.2) is 58.1 Å². The Bertz CT molecular complexity index is 1020. The first-order valence-corrected chi connectivity index (χ1v) is 11.1. The highest BCUT2D eigenvalue weighted by molar-refractivity contribution is 5.80. The number of aromatic nitrogens is 3. The van der Waals surface area contributed by atoms with Crippen LogP contribution in [0, 0.1) is 0 Å². The maximum Gasteiger partial charge on any atom is 0.216 e. The van der Waals surface area contributed by atoms with E-state index in [0.29, 0.717) is 30.6 Å².